The van der Waals surface area contributed by atoms with Gasteiger partial charge in [0.15, 0.2) is 0 Å². The average Bonchev–Trinajstić information content (AvgIpc) is 2.78. The monoisotopic (exact) mass is 440 g/mol. The summed E-state index contributed by atoms with van der Waals surface area (Å²) in [5.41, 5.74) is 3.17. The number of carbonyl (C=O) groups is 2. The maximum Gasteiger partial charge on any atom is 0.243 e. The van der Waals surface area contributed by atoms with E-state index in [9.17, 15) is 14.0 Å². The summed E-state index contributed by atoms with van der Waals surface area (Å²) >= 11 is 0. The molecule has 0 aliphatic heterocycles. The lowest BCUT2D eigenvalue weighted by molar-refractivity contribution is -0.141. The van der Waals surface area contributed by atoms with Crippen molar-refractivity contribution in [1.29, 1.82) is 0 Å². The van der Waals surface area contributed by atoms with E-state index in [1.165, 1.54) is 17.7 Å². The minimum Gasteiger partial charge on any atom is -0.352 e. The second-order valence-electron chi connectivity index (χ2n) is 8.79. The quantitative estimate of drug-likeness (QED) is 0.494. The molecule has 2 unspecified atom stereocenters. The highest BCUT2D eigenvalue weighted by Gasteiger charge is 2.29. The Bertz CT molecular complexity index is 862. The Balaban J connectivity index is 2.18. The van der Waals surface area contributed by atoms with Gasteiger partial charge in [-0.2, -0.15) is 0 Å². The molecule has 0 radical (unpaired) electrons. The molecule has 2 rings (SSSR count). The van der Waals surface area contributed by atoms with E-state index >= 15 is 0 Å². The molecule has 0 fully saturated rings. The van der Waals surface area contributed by atoms with Gasteiger partial charge in [-0.15, -0.1) is 0 Å². The Morgan fingerprint density at radius 3 is 2.03 bits per heavy atom. The molecule has 0 bridgehead atoms. The molecule has 2 atom stereocenters. The number of amides is 2. The summed E-state index contributed by atoms with van der Waals surface area (Å²) in [6, 6.07) is 13.9. The molecule has 1 N–H and O–H groups in total. The van der Waals surface area contributed by atoms with E-state index in [4.69, 9.17) is 0 Å². The first-order chi connectivity index (χ1) is 15.2. The summed E-state index contributed by atoms with van der Waals surface area (Å²) in [7, 11) is 0. The van der Waals surface area contributed by atoms with E-state index in [-0.39, 0.29) is 30.2 Å². The smallest absolute Gasteiger partial charge is 0.243 e. The largest absolute Gasteiger partial charge is 0.352 e. The van der Waals surface area contributed by atoms with Gasteiger partial charge in [-0.3, -0.25) is 9.59 Å². The lowest BCUT2D eigenvalue weighted by atomic mass is 10.00. The zero-order valence-electron chi connectivity index (χ0n) is 20.0. The second-order valence-corrected chi connectivity index (χ2v) is 8.79. The molecule has 0 saturated heterocycles. The predicted molar refractivity (Wildman–Crippen MR) is 128 cm³/mol. The zero-order chi connectivity index (χ0) is 23.7. The Morgan fingerprint density at radius 2 is 1.50 bits per heavy atom. The molecule has 32 heavy (non-hydrogen) atoms. The highest BCUT2D eigenvalue weighted by atomic mass is 19.1. The highest BCUT2D eigenvalue weighted by molar-refractivity contribution is 5.87. The van der Waals surface area contributed by atoms with E-state index in [0.717, 1.165) is 17.5 Å². The van der Waals surface area contributed by atoms with E-state index in [2.05, 4.69) is 43.4 Å². The third-order valence-corrected chi connectivity index (χ3v) is 5.93. The molecular weight excluding hydrogens is 403 g/mol. The maximum absolute atomic E-state index is 13.4. The van der Waals surface area contributed by atoms with E-state index in [1.807, 2.05) is 20.8 Å². The van der Waals surface area contributed by atoms with E-state index in [1.54, 1.807) is 17.0 Å². The van der Waals surface area contributed by atoms with Crippen LogP contribution in [-0.2, 0) is 22.6 Å². The number of aryl methyl sites for hydroxylation is 1. The number of rotatable bonds is 11. The van der Waals surface area contributed by atoms with E-state index in [0.29, 0.717) is 25.2 Å². The van der Waals surface area contributed by atoms with Crippen molar-refractivity contribution in [2.24, 2.45) is 0 Å². The summed E-state index contributed by atoms with van der Waals surface area (Å²) in [6.07, 6.45) is 2.26. The lowest BCUT2D eigenvalue weighted by Gasteiger charge is -2.31. The number of benzene rings is 2. The molecule has 0 spiro atoms. The van der Waals surface area contributed by atoms with Crippen LogP contribution in [0.5, 0.6) is 0 Å². The standard InChI is InChI=1S/C27H37FN2O2/c1-6-20(5)29-27(32)25(7-2)30(18-22-10-15-24(28)16-11-22)26(31)17-12-21-8-13-23(14-9-21)19(3)4/h8-11,13-16,19-20,25H,6-7,12,17-18H2,1-5H3,(H,29,32). The molecule has 0 aliphatic carbocycles. The van der Waals surface area contributed by atoms with Gasteiger partial charge in [-0.25, -0.2) is 4.39 Å². The van der Waals surface area contributed by atoms with Crippen molar-refractivity contribution in [3.63, 3.8) is 0 Å². The third-order valence-electron chi connectivity index (χ3n) is 5.93. The molecule has 0 aliphatic rings. The predicted octanol–water partition coefficient (Wildman–Crippen LogP) is 5.60. The van der Waals surface area contributed by atoms with Crippen molar-refractivity contribution in [2.75, 3.05) is 0 Å². The Morgan fingerprint density at radius 1 is 0.906 bits per heavy atom. The van der Waals surface area contributed by atoms with Gasteiger partial charge in [0.25, 0.3) is 0 Å². The molecule has 174 valence electrons. The van der Waals surface area contributed by atoms with Crippen molar-refractivity contribution < 1.29 is 14.0 Å². The van der Waals surface area contributed by atoms with Crippen LogP contribution in [0.3, 0.4) is 0 Å². The molecule has 0 aromatic heterocycles. The third kappa shape index (κ3) is 7.47. The van der Waals surface area contributed by atoms with Crippen LogP contribution in [0.1, 0.15) is 76.5 Å². The van der Waals surface area contributed by atoms with Crippen LogP contribution in [0.25, 0.3) is 0 Å². The topological polar surface area (TPSA) is 49.4 Å². The van der Waals surface area contributed by atoms with Gasteiger partial charge in [-0.1, -0.05) is 64.1 Å². The maximum atomic E-state index is 13.4. The molecule has 5 heteroatoms. The molecule has 2 aromatic carbocycles. The molecule has 0 saturated carbocycles. The Labute approximate surface area is 192 Å². The zero-order valence-corrected chi connectivity index (χ0v) is 20.0. The van der Waals surface area contributed by atoms with Crippen LogP contribution in [0, 0.1) is 5.82 Å². The van der Waals surface area contributed by atoms with Gasteiger partial charge in [0.05, 0.1) is 0 Å². The van der Waals surface area contributed by atoms with Crippen LogP contribution in [0.15, 0.2) is 48.5 Å². The van der Waals surface area contributed by atoms with Gasteiger partial charge in [0, 0.05) is 19.0 Å². The van der Waals surface area contributed by atoms with Crippen molar-refractivity contribution in [2.45, 2.75) is 84.8 Å². The normalized spacial score (nSPS) is 13.0. The summed E-state index contributed by atoms with van der Waals surface area (Å²) in [5, 5.41) is 3.01. The first-order valence-electron chi connectivity index (χ1n) is 11.7. The first-order valence-corrected chi connectivity index (χ1v) is 11.7. The van der Waals surface area contributed by atoms with Gasteiger partial charge >= 0.3 is 0 Å². The molecular formula is C27H37FN2O2. The summed E-state index contributed by atoms with van der Waals surface area (Å²) in [6.45, 7) is 10.5. The van der Waals surface area contributed by atoms with Crippen LogP contribution in [-0.4, -0.2) is 28.8 Å². The van der Waals surface area contributed by atoms with Gasteiger partial charge in [-0.05, 0) is 60.9 Å². The molecule has 4 nitrogen and oxygen atoms in total. The highest BCUT2D eigenvalue weighted by Crippen LogP contribution is 2.18. The van der Waals surface area contributed by atoms with Crippen LogP contribution in [0.4, 0.5) is 4.39 Å². The number of nitrogens with one attached hydrogen (secondary N) is 1. The Kier molecular flexibility index (Phi) is 9.89. The number of nitrogens with zero attached hydrogens (tertiary/aromatic N) is 1. The minimum absolute atomic E-state index is 0.0406. The number of halogens is 1. The van der Waals surface area contributed by atoms with Gasteiger partial charge < -0.3 is 10.2 Å². The van der Waals surface area contributed by atoms with Crippen molar-refractivity contribution in [1.82, 2.24) is 10.2 Å². The summed E-state index contributed by atoms with van der Waals surface area (Å²) in [4.78, 5) is 27.9. The second kappa shape index (κ2) is 12.4. The Hall–Kier alpha value is -2.69. The fourth-order valence-corrected chi connectivity index (χ4v) is 3.61. The summed E-state index contributed by atoms with van der Waals surface area (Å²) < 4.78 is 13.4. The van der Waals surface area contributed by atoms with Gasteiger partial charge in [0.2, 0.25) is 11.8 Å². The van der Waals surface area contributed by atoms with Crippen molar-refractivity contribution >= 4 is 11.8 Å². The van der Waals surface area contributed by atoms with E-state index < -0.39 is 6.04 Å². The minimum atomic E-state index is -0.565. The molecule has 2 aromatic rings. The van der Waals surface area contributed by atoms with Crippen LogP contribution >= 0.6 is 0 Å². The molecule has 0 heterocycles. The van der Waals surface area contributed by atoms with Crippen LogP contribution in [0.2, 0.25) is 0 Å². The van der Waals surface area contributed by atoms with Crippen molar-refractivity contribution in [3.8, 4) is 0 Å². The average molecular weight is 441 g/mol. The number of hydrogen-bond donors (Lipinski definition) is 1. The molecule has 2 amide bonds. The first kappa shape index (κ1) is 25.6. The van der Waals surface area contributed by atoms with Crippen LogP contribution < -0.4 is 5.32 Å². The SMILES string of the molecule is CCC(C)NC(=O)C(CC)N(Cc1ccc(F)cc1)C(=O)CCc1ccc(C(C)C)cc1. The van der Waals surface area contributed by atoms with Gasteiger partial charge in [0.1, 0.15) is 11.9 Å². The van der Waals surface area contributed by atoms with Crippen molar-refractivity contribution in [3.05, 3.63) is 71.0 Å². The fraction of sp³-hybridized carbons (Fsp3) is 0.481. The lowest BCUT2D eigenvalue weighted by Crippen LogP contribution is -2.50. The fourth-order valence-electron chi connectivity index (χ4n) is 3.61. The number of hydrogen-bond acceptors (Lipinski definition) is 2. The number of carbonyl (C=O) groups excluding carboxylic acids is 2. The summed E-state index contributed by atoms with van der Waals surface area (Å²) in [5.74, 6) is -0.0729.